The van der Waals surface area contributed by atoms with Gasteiger partial charge in [-0.15, -0.1) is 5.10 Å². The molecule has 0 atom stereocenters. The molecule has 0 bridgehead atoms. The lowest BCUT2D eigenvalue weighted by Crippen LogP contribution is -2.47. The molecule has 11 nitrogen and oxygen atoms in total. The van der Waals surface area contributed by atoms with Crippen molar-refractivity contribution in [2.45, 2.75) is 137 Å². The van der Waals surface area contributed by atoms with Gasteiger partial charge in [-0.2, -0.15) is 0 Å². The first-order valence-corrected chi connectivity index (χ1v) is 21.9. The van der Waals surface area contributed by atoms with Crippen molar-refractivity contribution in [2.24, 2.45) is 0 Å². The quantitative estimate of drug-likeness (QED) is 0.0658. The van der Waals surface area contributed by atoms with E-state index in [1.807, 2.05) is 46.2 Å². The molecule has 0 aliphatic heterocycles. The van der Waals surface area contributed by atoms with E-state index in [-0.39, 0.29) is 0 Å². The van der Waals surface area contributed by atoms with Gasteiger partial charge in [-0.05, 0) is 80.3 Å². The molecule has 0 saturated heterocycles. The summed E-state index contributed by atoms with van der Waals surface area (Å²) in [6, 6.07) is 1.56. The molecular formula is C32H68N4O7Si2. The van der Waals surface area contributed by atoms with Gasteiger partial charge in [-0.1, -0.05) is 50.2 Å². The highest BCUT2D eigenvalue weighted by atomic mass is 28.4. The summed E-state index contributed by atoms with van der Waals surface area (Å²) in [5.41, 5.74) is 0.990. The van der Waals surface area contributed by atoms with Crippen LogP contribution in [0, 0.1) is 0 Å². The van der Waals surface area contributed by atoms with Crippen LogP contribution in [0.2, 0.25) is 12.1 Å². The van der Waals surface area contributed by atoms with Crippen molar-refractivity contribution >= 4 is 17.6 Å². The van der Waals surface area contributed by atoms with Gasteiger partial charge in [-0.3, -0.25) is 9.58 Å². The van der Waals surface area contributed by atoms with Gasteiger partial charge in [0, 0.05) is 77.6 Å². The molecule has 0 saturated carbocycles. The zero-order valence-corrected chi connectivity index (χ0v) is 31.7. The average molecular weight is 677 g/mol. The van der Waals surface area contributed by atoms with E-state index in [0.29, 0.717) is 46.2 Å². The van der Waals surface area contributed by atoms with Crippen LogP contribution in [0.25, 0.3) is 0 Å². The number of rotatable bonds is 33. The third-order valence-electron chi connectivity index (χ3n) is 7.62. The topological polar surface area (TPSA) is 110 Å². The van der Waals surface area contributed by atoms with Crippen LogP contribution in [0.5, 0.6) is 0 Å². The predicted octanol–water partition coefficient (Wildman–Crippen LogP) is 6.46. The lowest BCUT2D eigenvalue weighted by Gasteiger charge is -2.30. The van der Waals surface area contributed by atoms with Crippen molar-refractivity contribution in [2.75, 3.05) is 59.3 Å². The van der Waals surface area contributed by atoms with E-state index < -0.39 is 17.6 Å². The number of aryl methyl sites for hydroxylation is 1. The van der Waals surface area contributed by atoms with Crippen LogP contribution >= 0.6 is 0 Å². The first kappa shape index (κ1) is 42.3. The minimum absolute atomic E-state index is 0.320. The molecule has 0 radical (unpaired) electrons. The Balaban J connectivity index is 2.75. The monoisotopic (exact) mass is 676 g/mol. The Morgan fingerprint density at radius 2 is 1.00 bits per heavy atom. The Kier molecular flexibility index (Phi) is 25.6. The second-order valence-corrected chi connectivity index (χ2v) is 16.8. The van der Waals surface area contributed by atoms with Crippen LogP contribution in [0.4, 0.5) is 0 Å². The fourth-order valence-electron chi connectivity index (χ4n) is 5.68. The summed E-state index contributed by atoms with van der Waals surface area (Å²) in [6.45, 7) is 19.2. The third-order valence-corrected chi connectivity index (χ3v) is 13.9. The molecule has 1 aromatic rings. The zero-order valence-electron chi connectivity index (χ0n) is 29.7. The number of aliphatic hydroxyl groups excluding tert-OH is 1. The van der Waals surface area contributed by atoms with Gasteiger partial charge in [0.15, 0.2) is 0 Å². The number of hydrogen-bond donors (Lipinski definition) is 1. The second kappa shape index (κ2) is 27.2. The van der Waals surface area contributed by atoms with Gasteiger partial charge in [0.05, 0.1) is 5.69 Å². The molecule has 0 spiro atoms. The van der Waals surface area contributed by atoms with E-state index in [1.165, 1.54) is 38.5 Å². The van der Waals surface area contributed by atoms with Crippen molar-refractivity contribution < 1.29 is 31.7 Å². The largest absolute Gasteiger partial charge is 0.500 e. The van der Waals surface area contributed by atoms with Gasteiger partial charge in [0.25, 0.3) is 0 Å². The Hall–Kier alpha value is -0.746. The Morgan fingerprint density at radius 3 is 1.40 bits per heavy atom. The summed E-state index contributed by atoms with van der Waals surface area (Å²) in [4.78, 5) is 2.45. The molecule has 266 valence electrons. The van der Waals surface area contributed by atoms with Crippen molar-refractivity contribution in [3.05, 3.63) is 11.9 Å². The minimum Gasteiger partial charge on any atom is -0.396 e. The maximum atomic E-state index is 8.89. The first-order chi connectivity index (χ1) is 22.0. The van der Waals surface area contributed by atoms with Crippen LogP contribution in [-0.4, -0.2) is 102 Å². The van der Waals surface area contributed by atoms with Crippen LogP contribution in [-0.2, 0) is 39.6 Å². The summed E-state index contributed by atoms with van der Waals surface area (Å²) in [6.07, 6.45) is 14.7. The van der Waals surface area contributed by atoms with E-state index in [1.54, 1.807) is 0 Å². The number of hydrogen-bond acceptors (Lipinski definition) is 10. The minimum atomic E-state index is -2.70. The highest BCUT2D eigenvalue weighted by molar-refractivity contribution is 6.61. The normalized spacial score (nSPS) is 12.5. The third kappa shape index (κ3) is 19.0. The lowest BCUT2D eigenvalue weighted by molar-refractivity contribution is 0.0691. The Labute approximate surface area is 277 Å². The molecule has 0 aliphatic rings. The Bertz CT molecular complexity index is 743. The first-order valence-electron chi connectivity index (χ1n) is 18.0. The highest BCUT2D eigenvalue weighted by Crippen LogP contribution is 2.21. The fraction of sp³-hybridized carbons (Fsp3) is 0.938. The van der Waals surface area contributed by atoms with Gasteiger partial charge in [-0.25, -0.2) is 0 Å². The van der Waals surface area contributed by atoms with E-state index in [4.69, 9.17) is 31.7 Å². The van der Waals surface area contributed by atoms with E-state index in [9.17, 15) is 0 Å². The Morgan fingerprint density at radius 1 is 0.600 bits per heavy atom. The molecule has 1 N–H and O–H groups in total. The van der Waals surface area contributed by atoms with Crippen molar-refractivity contribution in [3.8, 4) is 0 Å². The molecule has 0 aliphatic carbocycles. The van der Waals surface area contributed by atoms with Crippen LogP contribution in [0.3, 0.4) is 0 Å². The molecule has 45 heavy (non-hydrogen) atoms. The van der Waals surface area contributed by atoms with Crippen molar-refractivity contribution in [3.63, 3.8) is 0 Å². The van der Waals surface area contributed by atoms with Gasteiger partial charge in [0.1, 0.15) is 0 Å². The molecule has 0 amide bonds. The summed E-state index contributed by atoms with van der Waals surface area (Å²) in [5, 5.41) is 17.9. The number of nitrogens with zero attached hydrogens (tertiary/aromatic N) is 4. The summed E-state index contributed by atoms with van der Waals surface area (Å²) in [5.74, 6) is 0. The van der Waals surface area contributed by atoms with E-state index in [0.717, 1.165) is 76.1 Å². The fourth-order valence-corrected chi connectivity index (χ4v) is 10.9. The van der Waals surface area contributed by atoms with Crippen LogP contribution in [0.15, 0.2) is 6.20 Å². The van der Waals surface area contributed by atoms with E-state index in [2.05, 4.69) is 21.4 Å². The maximum absolute atomic E-state index is 8.89. The van der Waals surface area contributed by atoms with Crippen molar-refractivity contribution in [1.29, 1.82) is 0 Å². The number of aromatic nitrogens is 3. The highest BCUT2D eigenvalue weighted by Gasteiger charge is 2.41. The number of unbranched alkanes of at least 4 members (excludes halogenated alkanes) is 8. The smallest absolute Gasteiger partial charge is 0.396 e. The molecule has 13 heteroatoms. The van der Waals surface area contributed by atoms with Gasteiger partial charge >= 0.3 is 17.6 Å². The van der Waals surface area contributed by atoms with Crippen molar-refractivity contribution in [1.82, 2.24) is 19.9 Å². The second-order valence-electron chi connectivity index (χ2n) is 11.3. The number of aliphatic hydroxyl groups is 1. The maximum Gasteiger partial charge on any atom is 0.500 e. The summed E-state index contributed by atoms with van der Waals surface area (Å²) >= 11 is 0. The SMILES string of the molecule is CCO[Si](CCCN(CCC[Si](OCC)(OCC)OCC)Cc1cn(CCCCCCCCCCCO)nn1)(OCC)OCC. The predicted molar refractivity (Wildman–Crippen MR) is 184 cm³/mol. The molecule has 1 rings (SSSR count). The van der Waals surface area contributed by atoms with Gasteiger partial charge in [0.2, 0.25) is 0 Å². The standard InChI is InChI=1S/C32H68N4O7Si2/c1-7-38-44(39-8-2,40-9-3)28-22-24-35(25-23-29-45(41-10-4,42-11-5)43-12-6)30-32-31-36(34-33-32)26-20-18-16-14-13-15-17-19-21-27-37/h31,37H,7-30H2,1-6H3. The molecule has 0 unspecified atom stereocenters. The van der Waals surface area contributed by atoms with E-state index >= 15 is 0 Å². The molecule has 1 heterocycles. The molecule has 0 fully saturated rings. The van der Waals surface area contributed by atoms with Crippen LogP contribution in [0.1, 0.15) is 118 Å². The molecule has 1 aromatic heterocycles. The average Bonchev–Trinajstić information content (AvgIpc) is 3.46. The molecular weight excluding hydrogens is 609 g/mol. The van der Waals surface area contributed by atoms with Gasteiger partial charge < -0.3 is 31.7 Å². The molecule has 0 aromatic carbocycles. The van der Waals surface area contributed by atoms with Crippen LogP contribution < -0.4 is 0 Å². The zero-order chi connectivity index (χ0) is 33.1. The summed E-state index contributed by atoms with van der Waals surface area (Å²) in [7, 11) is -5.40. The lowest BCUT2D eigenvalue weighted by atomic mass is 10.1. The summed E-state index contributed by atoms with van der Waals surface area (Å²) < 4.78 is 38.6.